The first-order valence-corrected chi connectivity index (χ1v) is 8.35. The van der Waals surface area contributed by atoms with Gasteiger partial charge in [0.2, 0.25) is 0 Å². The zero-order chi connectivity index (χ0) is 18.9. The lowest BCUT2D eigenvalue weighted by molar-refractivity contribution is -0.137. The van der Waals surface area contributed by atoms with E-state index in [0.29, 0.717) is 16.4 Å². The topological polar surface area (TPSA) is 67.8 Å². The Bertz CT molecular complexity index is 969. The summed E-state index contributed by atoms with van der Waals surface area (Å²) < 4.78 is 38.7. The van der Waals surface area contributed by atoms with E-state index in [0.717, 1.165) is 18.0 Å². The SMILES string of the molecule is Cc1cc(-c2cncc(C(F)(F)F)c2)cc(C(=O)Nc2nc(C)cs2)n1. The van der Waals surface area contributed by atoms with Crippen LogP contribution in [0.25, 0.3) is 11.1 Å². The number of anilines is 1. The maximum absolute atomic E-state index is 12.9. The lowest BCUT2D eigenvalue weighted by Crippen LogP contribution is -2.14. The molecular weight excluding hydrogens is 365 g/mol. The Morgan fingerprint density at radius 1 is 1.04 bits per heavy atom. The minimum Gasteiger partial charge on any atom is -0.296 e. The third-order valence-electron chi connectivity index (χ3n) is 3.42. The average Bonchev–Trinajstić information content (AvgIpc) is 2.98. The van der Waals surface area contributed by atoms with Crippen molar-refractivity contribution < 1.29 is 18.0 Å². The van der Waals surface area contributed by atoms with Gasteiger partial charge in [-0.3, -0.25) is 15.1 Å². The number of halogens is 3. The van der Waals surface area contributed by atoms with Gasteiger partial charge in [0.25, 0.3) is 5.91 Å². The van der Waals surface area contributed by atoms with E-state index >= 15 is 0 Å². The van der Waals surface area contributed by atoms with Gasteiger partial charge in [-0.2, -0.15) is 13.2 Å². The van der Waals surface area contributed by atoms with Crippen molar-refractivity contribution in [2.75, 3.05) is 5.32 Å². The largest absolute Gasteiger partial charge is 0.417 e. The lowest BCUT2D eigenvalue weighted by Gasteiger charge is -2.10. The number of pyridine rings is 2. The Kier molecular flexibility index (Phi) is 4.73. The van der Waals surface area contributed by atoms with Gasteiger partial charge in [0.15, 0.2) is 5.13 Å². The van der Waals surface area contributed by atoms with Gasteiger partial charge in [-0.15, -0.1) is 11.3 Å². The van der Waals surface area contributed by atoms with E-state index in [1.54, 1.807) is 25.3 Å². The normalized spacial score (nSPS) is 11.4. The summed E-state index contributed by atoms with van der Waals surface area (Å²) in [5, 5.41) is 4.85. The predicted octanol–water partition coefficient (Wildman–Crippen LogP) is 4.49. The van der Waals surface area contributed by atoms with Crippen molar-refractivity contribution in [2.45, 2.75) is 20.0 Å². The van der Waals surface area contributed by atoms with Crippen LogP contribution in [0.1, 0.15) is 27.4 Å². The molecule has 0 atom stereocenters. The number of hydrogen-bond acceptors (Lipinski definition) is 5. The molecule has 0 aliphatic rings. The summed E-state index contributed by atoms with van der Waals surface area (Å²) in [5.74, 6) is -0.482. The Morgan fingerprint density at radius 2 is 1.81 bits per heavy atom. The molecule has 0 aliphatic carbocycles. The van der Waals surface area contributed by atoms with Crippen molar-refractivity contribution in [3.63, 3.8) is 0 Å². The van der Waals surface area contributed by atoms with E-state index in [9.17, 15) is 18.0 Å². The van der Waals surface area contributed by atoms with E-state index in [4.69, 9.17) is 0 Å². The summed E-state index contributed by atoms with van der Waals surface area (Å²) in [4.78, 5) is 24.3. The summed E-state index contributed by atoms with van der Waals surface area (Å²) in [7, 11) is 0. The van der Waals surface area contributed by atoms with Gasteiger partial charge in [-0.1, -0.05) is 0 Å². The molecule has 0 saturated heterocycles. The Balaban J connectivity index is 1.94. The monoisotopic (exact) mass is 378 g/mol. The number of aromatic nitrogens is 3. The number of aryl methyl sites for hydroxylation is 2. The van der Waals surface area contributed by atoms with E-state index in [1.165, 1.54) is 23.6 Å². The van der Waals surface area contributed by atoms with Crippen LogP contribution in [0.5, 0.6) is 0 Å². The number of rotatable bonds is 3. The zero-order valence-electron chi connectivity index (χ0n) is 13.8. The third kappa shape index (κ3) is 4.05. The molecule has 3 aromatic heterocycles. The summed E-state index contributed by atoms with van der Waals surface area (Å²) in [6, 6.07) is 4.02. The third-order valence-corrected chi connectivity index (χ3v) is 4.30. The number of amides is 1. The second-order valence-corrected chi connectivity index (χ2v) is 6.45. The molecule has 0 saturated carbocycles. The molecule has 0 aromatic carbocycles. The standard InChI is InChI=1S/C17H13F3N4OS/c1-9-3-11(12-4-13(7-21-6-12)17(18,19)20)5-14(22-9)15(25)24-16-23-10(2)8-26-16/h3-8H,1-2H3,(H,23,24,25). The fraction of sp³-hybridized carbons (Fsp3) is 0.176. The van der Waals surface area contributed by atoms with Crippen LogP contribution in [0.3, 0.4) is 0 Å². The molecule has 26 heavy (non-hydrogen) atoms. The molecule has 0 spiro atoms. The van der Waals surface area contributed by atoms with Crippen LogP contribution in [0.2, 0.25) is 0 Å². The first kappa shape index (κ1) is 18.0. The van der Waals surface area contributed by atoms with Gasteiger partial charge in [-0.05, 0) is 37.6 Å². The molecule has 0 aliphatic heterocycles. The highest BCUT2D eigenvalue weighted by atomic mass is 32.1. The Morgan fingerprint density at radius 3 is 2.46 bits per heavy atom. The van der Waals surface area contributed by atoms with Crippen LogP contribution in [0.15, 0.2) is 36.0 Å². The average molecular weight is 378 g/mol. The molecule has 0 bridgehead atoms. The minimum atomic E-state index is -4.49. The van der Waals surface area contributed by atoms with Gasteiger partial charge in [0, 0.05) is 29.0 Å². The van der Waals surface area contributed by atoms with Gasteiger partial charge >= 0.3 is 6.18 Å². The summed E-state index contributed by atoms with van der Waals surface area (Å²) in [6.45, 7) is 3.46. The van der Waals surface area contributed by atoms with Gasteiger partial charge in [-0.25, -0.2) is 9.97 Å². The molecule has 0 unspecified atom stereocenters. The first-order valence-electron chi connectivity index (χ1n) is 7.47. The highest BCUT2D eigenvalue weighted by Crippen LogP contribution is 2.31. The quantitative estimate of drug-likeness (QED) is 0.729. The molecule has 1 amide bonds. The molecule has 5 nitrogen and oxygen atoms in total. The summed E-state index contributed by atoms with van der Waals surface area (Å²) in [6.07, 6.45) is -2.42. The van der Waals surface area contributed by atoms with E-state index in [2.05, 4.69) is 20.3 Å². The fourth-order valence-corrected chi connectivity index (χ4v) is 2.96. The van der Waals surface area contributed by atoms with Crippen molar-refractivity contribution in [2.24, 2.45) is 0 Å². The van der Waals surface area contributed by atoms with Gasteiger partial charge < -0.3 is 0 Å². The molecule has 0 radical (unpaired) electrons. The second kappa shape index (κ2) is 6.83. The van der Waals surface area contributed by atoms with Crippen molar-refractivity contribution >= 4 is 22.4 Å². The smallest absolute Gasteiger partial charge is 0.296 e. The predicted molar refractivity (Wildman–Crippen MR) is 92.0 cm³/mol. The minimum absolute atomic E-state index is 0.0882. The fourth-order valence-electron chi connectivity index (χ4n) is 2.28. The highest BCUT2D eigenvalue weighted by molar-refractivity contribution is 7.13. The van der Waals surface area contributed by atoms with Crippen molar-refractivity contribution in [3.8, 4) is 11.1 Å². The van der Waals surface area contributed by atoms with Gasteiger partial charge in [0.1, 0.15) is 5.69 Å². The van der Waals surface area contributed by atoms with Crippen LogP contribution >= 0.6 is 11.3 Å². The maximum Gasteiger partial charge on any atom is 0.417 e. The van der Waals surface area contributed by atoms with E-state index in [-0.39, 0.29) is 11.3 Å². The lowest BCUT2D eigenvalue weighted by atomic mass is 10.0. The summed E-state index contributed by atoms with van der Waals surface area (Å²) in [5.41, 5.74) is 1.19. The number of thiazole rings is 1. The van der Waals surface area contributed by atoms with Crippen LogP contribution in [-0.2, 0) is 6.18 Å². The van der Waals surface area contributed by atoms with Crippen LogP contribution in [0.4, 0.5) is 18.3 Å². The highest BCUT2D eigenvalue weighted by Gasteiger charge is 2.31. The van der Waals surface area contributed by atoms with E-state index < -0.39 is 17.6 Å². The molecular formula is C17H13F3N4OS. The maximum atomic E-state index is 12.9. The van der Waals surface area contributed by atoms with Crippen LogP contribution < -0.4 is 5.32 Å². The number of nitrogens with zero attached hydrogens (tertiary/aromatic N) is 3. The Labute approximate surface area is 151 Å². The molecule has 1 N–H and O–H groups in total. The Hall–Kier alpha value is -2.81. The van der Waals surface area contributed by atoms with Crippen molar-refractivity contribution in [1.82, 2.24) is 15.0 Å². The van der Waals surface area contributed by atoms with Crippen molar-refractivity contribution in [3.05, 3.63) is 58.6 Å². The number of alkyl halides is 3. The number of hydrogen-bond donors (Lipinski definition) is 1. The van der Waals surface area contributed by atoms with Gasteiger partial charge in [0.05, 0.1) is 11.3 Å². The molecule has 9 heteroatoms. The summed E-state index contributed by atoms with van der Waals surface area (Å²) >= 11 is 1.28. The van der Waals surface area contributed by atoms with Crippen molar-refractivity contribution in [1.29, 1.82) is 0 Å². The zero-order valence-corrected chi connectivity index (χ0v) is 14.6. The molecule has 134 valence electrons. The molecule has 0 fully saturated rings. The molecule has 3 heterocycles. The molecule has 3 aromatic rings. The first-order chi connectivity index (χ1) is 12.2. The van der Waals surface area contributed by atoms with Crippen LogP contribution in [-0.4, -0.2) is 20.9 Å². The second-order valence-electron chi connectivity index (χ2n) is 5.59. The number of nitrogens with one attached hydrogen (secondary N) is 1. The number of carbonyl (C=O) groups is 1. The molecule has 3 rings (SSSR count). The van der Waals surface area contributed by atoms with Crippen LogP contribution in [0, 0.1) is 13.8 Å². The number of carbonyl (C=O) groups excluding carboxylic acids is 1. The van der Waals surface area contributed by atoms with E-state index in [1.807, 2.05) is 0 Å².